The van der Waals surface area contributed by atoms with Crippen molar-refractivity contribution in [1.29, 1.82) is 0 Å². The van der Waals surface area contributed by atoms with E-state index in [0.717, 1.165) is 9.21 Å². The summed E-state index contributed by atoms with van der Waals surface area (Å²) in [5.74, 6) is 1.30. The lowest BCUT2D eigenvalue weighted by Crippen LogP contribution is -2.15. The largest absolute Gasteiger partial charge is 0.457 e. The van der Waals surface area contributed by atoms with Gasteiger partial charge in [-0.1, -0.05) is 11.6 Å². The number of ketones is 1. The quantitative estimate of drug-likeness (QED) is 0.534. The van der Waals surface area contributed by atoms with E-state index in [9.17, 15) is 9.59 Å². The zero-order valence-corrected chi connectivity index (χ0v) is 14.8. The van der Waals surface area contributed by atoms with Crippen molar-refractivity contribution in [1.82, 2.24) is 0 Å². The van der Waals surface area contributed by atoms with Crippen LogP contribution >= 0.6 is 34.7 Å². The second-order valence-corrected chi connectivity index (χ2v) is 7.64. The fraction of sp³-hybridized carbons (Fsp3) is 0.250. The molecule has 24 heavy (non-hydrogen) atoms. The highest BCUT2D eigenvalue weighted by Gasteiger charge is 2.17. The number of carbonyl (C=O) groups is 2. The summed E-state index contributed by atoms with van der Waals surface area (Å²) in [6.45, 7) is -0.140. The molecule has 0 bridgehead atoms. The average molecular weight is 385 g/mol. The van der Waals surface area contributed by atoms with E-state index in [-0.39, 0.29) is 24.9 Å². The van der Waals surface area contributed by atoms with Gasteiger partial charge in [0.25, 0.3) is 0 Å². The summed E-state index contributed by atoms with van der Waals surface area (Å²) in [6, 6.07) is 8.63. The second-order valence-electron chi connectivity index (χ2n) is 4.85. The third-order valence-electron chi connectivity index (χ3n) is 3.15. The summed E-state index contributed by atoms with van der Waals surface area (Å²) < 4.78 is 16.1. The lowest BCUT2D eigenvalue weighted by molar-refractivity contribution is -0.139. The van der Waals surface area contributed by atoms with Crippen molar-refractivity contribution in [3.63, 3.8) is 0 Å². The third kappa shape index (κ3) is 4.43. The number of thiophene rings is 1. The highest BCUT2D eigenvalue weighted by molar-refractivity contribution is 7.99. The molecule has 0 aliphatic carbocycles. The number of esters is 1. The van der Waals surface area contributed by atoms with Gasteiger partial charge in [-0.05, 0) is 30.3 Å². The van der Waals surface area contributed by atoms with E-state index in [1.165, 1.54) is 23.1 Å². The smallest absolute Gasteiger partial charge is 0.316 e. The van der Waals surface area contributed by atoms with E-state index in [1.54, 1.807) is 18.2 Å². The second kappa shape index (κ2) is 7.92. The molecule has 0 saturated carbocycles. The summed E-state index contributed by atoms with van der Waals surface area (Å²) in [6.07, 6.45) is 0. The van der Waals surface area contributed by atoms with Crippen molar-refractivity contribution in [3.8, 4) is 11.5 Å². The Morgan fingerprint density at radius 1 is 1.21 bits per heavy atom. The van der Waals surface area contributed by atoms with Gasteiger partial charge in [0, 0.05) is 16.2 Å². The lowest BCUT2D eigenvalue weighted by Gasteiger charge is -2.05. The summed E-state index contributed by atoms with van der Waals surface area (Å²) in [5.41, 5.74) is 0.424. The molecular formula is C16H13ClO5S2. The predicted octanol–water partition coefficient (Wildman–Crippen LogP) is 3.79. The van der Waals surface area contributed by atoms with Crippen LogP contribution in [0, 0.1) is 0 Å². The maximum atomic E-state index is 12.1. The molecule has 3 rings (SSSR count). The zero-order valence-electron chi connectivity index (χ0n) is 12.5. The third-order valence-corrected chi connectivity index (χ3v) is 5.52. The normalized spacial score (nSPS) is 12.2. The van der Waals surface area contributed by atoms with Gasteiger partial charge in [-0.15, -0.1) is 23.1 Å². The number of benzene rings is 1. The number of ether oxygens (including phenoxy) is 3. The van der Waals surface area contributed by atoms with Crippen LogP contribution in [0.2, 0.25) is 4.34 Å². The van der Waals surface area contributed by atoms with Gasteiger partial charge >= 0.3 is 5.97 Å². The molecule has 0 fully saturated rings. The molecule has 0 atom stereocenters. The van der Waals surface area contributed by atoms with Crippen LogP contribution in [0.3, 0.4) is 0 Å². The Kier molecular flexibility index (Phi) is 5.65. The molecule has 1 aliphatic rings. The summed E-state index contributed by atoms with van der Waals surface area (Å²) in [5, 5.41) is 0. The Morgan fingerprint density at radius 2 is 2.04 bits per heavy atom. The topological polar surface area (TPSA) is 61.8 Å². The molecule has 0 N–H and O–H groups in total. The van der Waals surface area contributed by atoms with Gasteiger partial charge in [-0.3, -0.25) is 9.59 Å². The van der Waals surface area contributed by atoms with E-state index in [1.807, 2.05) is 12.1 Å². The van der Waals surface area contributed by atoms with Crippen molar-refractivity contribution in [3.05, 3.63) is 45.1 Å². The van der Waals surface area contributed by atoms with Gasteiger partial charge < -0.3 is 14.2 Å². The van der Waals surface area contributed by atoms with Crippen molar-refractivity contribution in [2.75, 3.05) is 19.2 Å². The molecule has 1 aliphatic heterocycles. The van der Waals surface area contributed by atoms with E-state index in [4.69, 9.17) is 25.8 Å². The number of rotatable bonds is 7. The molecule has 0 radical (unpaired) electrons. The summed E-state index contributed by atoms with van der Waals surface area (Å²) in [4.78, 5) is 24.8. The first-order chi connectivity index (χ1) is 11.6. The Hall–Kier alpha value is -1.70. The Morgan fingerprint density at radius 3 is 2.83 bits per heavy atom. The fourth-order valence-corrected chi connectivity index (χ4v) is 4.02. The Bertz CT molecular complexity index is 759. The molecule has 2 aromatic rings. The molecule has 0 spiro atoms. The highest BCUT2D eigenvalue weighted by Crippen LogP contribution is 2.32. The highest BCUT2D eigenvalue weighted by atomic mass is 35.5. The monoisotopic (exact) mass is 384 g/mol. The molecule has 0 unspecified atom stereocenters. The fourth-order valence-electron chi connectivity index (χ4n) is 2.01. The Labute approximate surface area is 151 Å². The van der Waals surface area contributed by atoms with Crippen LogP contribution in [-0.4, -0.2) is 30.9 Å². The van der Waals surface area contributed by atoms with Gasteiger partial charge in [0.15, 0.2) is 23.9 Å². The van der Waals surface area contributed by atoms with Crippen LogP contribution in [0.1, 0.15) is 15.2 Å². The predicted molar refractivity (Wildman–Crippen MR) is 93.3 cm³/mol. The standard InChI is InChI=1S/C16H13ClO5S2/c17-15-4-2-11(24-15)7-23-8-16(19)20-6-12(18)10-1-3-13-14(5-10)22-9-21-13/h1-5H,6-9H2. The molecule has 1 aromatic carbocycles. The molecule has 126 valence electrons. The van der Waals surface area contributed by atoms with Crippen molar-refractivity contribution in [2.24, 2.45) is 0 Å². The SMILES string of the molecule is O=C(CSCc1ccc(Cl)s1)OCC(=O)c1ccc2c(c1)OCO2. The van der Waals surface area contributed by atoms with Crippen molar-refractivity contribution >= 4 is 46.5 Å². The number of carbonyl (C=O) groups excluding carboxylic acids is 2. The lowest BCUT2D eigenvalue weighted by atomic mass is 10.1. The first-order valence-corrected chi connectivity index (χ1v) is 9.37. The molecule has 8 heteroatoms. The molecule has 0 saturated heterocycles. The van der Waals surface area contributed by atoms with Crippen LogP contribution in [-0.2, 0) is 15.3 Å². The number of halogens is 1. The number of Topliss-reactive ketones (excluding diaryl/α,β-unsaturated/α-hetero) is 1. The van der Waals surface area contributed by atoms with Crippen LogP contribution in [0.4, 0.5) is 0 Å². The summed E-state index contributed by atoms with van der Waals surface area (Å²) >= 11 is 8.75. The van der Waals surface area contributed by atoms with Gasteiger partial charge in [-0.25, -0.2) is 0 Å². The zero-order chi connectivity index (χ0) is 16.9. The molecule has 5 nitrogen and oxygen atoms in total. The van der Waals surface area contributed by atoms with Crippen LogP contribution in [0.5, 0.6) is 11.5 Å². The van der Waals surface area contributed by atoms with Crippen LogP contribution in [0.15, 0.2) is 30.3 Å². The Balaban J connectivity index is 1.41. The van der Waals surface area contributed by atoms with Crippen molar-refractivity contribution in [2.45, 2.75) is 5.75 Å². The number of hydrogen-bond acceptors (Lipinski definition) is 7. The van der Waals surface area contributed by atoms with Crippen LogP contribution in [0.25, 0.3) is 0 Å². The van der Waals surface area contributed by atoms with Crippen LogP contribution < -0.4 is 9.47 Å². The maximum absolute atomic E-state index is 12.1. The van der Waals surface area contributed by atoms with Gasteiger partial charge in [0.05, 0.1) is 10.1 Å². The minimum absolute atomic E-state index is 0.147. The number of hydrogen-bond donors (Lipinski definition) is 0. The minimum Gasteiger partial charge on any atom is -0.457 e. The summed E-state index contributed by atoms with van der Waals surface area (Å²) in [7, 11) is 0. The number of thioether (sulfide) groups is 1. The average Bonchev–Trinajstić information content (AvgIpc) is 3.20. The first-order valence-electron chi connectivity index (χ1n) is 7.02. The molecule has 2 heterocycles. The molecular weight excluding hydrogens is 372 g/mol. The van der Waals surface area contributed by atoms with E-state index >= 15 is 0 Å². The maximum Gasteiger partial charge on any atom is 0.316 e. The van der Waals surface area contributed by atoms with E-state index in [0.29, 0.717) is 22.8 Å². The van der Waals surface area contributed by atoms with Gasteiger partial charge in [0.1, 0.15) is 0 Å². The van der Waals surface area contributed by atoms with Gasteiger partial charge in [-0.2, -0.15) is 0 Å². The van der Waals surface area contributed by atoms with E-state index in [2.05, 4.69) is 0 Å². The van der Waals surface area contributed by atoms with Crippen molar-refractivity contribution < 1.29 is 23.8 Å². The first kappa shape index (κ1) is 17.1. The van der Waals surface area contributed by atoms with Gasteiger partial charge in [0.2, 0.25) is 6.79 Å². The van der Waals surface area contributed by atoms with E-state index < -0.39 is 5.97 Å². The number of fused-ring (bicyclic) bond motifs is 1. The molecule has 1 aromatic heterocycles. The molecule has 0 amide bonds. The minimum atomic E-state index is -0.420.